The Labute approximate surface area is 167 Å². The van der Waals surface area contributed by atoms with Crippen LogP contribution in [-0.4, -0.2) is 39.3 Å². The number of nitrogens with one attached hydrogen (secondary N) is 1. The fourth-order valence-corrected chi connectivity index (χ4v) is 3.50. The van der Waals surface area contributed by atoms with E-state index in [1.807, 2.05) is 18.2 Å². The van der Waals surface area contributed by atoms with Crippen LogP contribution >= 0.6 is 0 Å². The van der Waals surface area contributed by atoms with Crippen LogP contribution in [0.4, 0.5) is 11.8 Å². The summed E-state index contributed by atoms with van der Waals surface area (Å²) < 4.78 is 0. The molecule has 1 atom stereocenters. The number of nitrogens with two attached hydrogens (primary N) is 1. The summed E-state index contributed by atoms with van der Waals surface area (Å²) in [5, 5.41) is 15.2. The van der Waals surface area contributed by atoms with Gasteiger partial charge in [0.05, 0.1) is 17.4 Å². The van der Waals surface area contributed by atoms with Gasteiger partial charge in [-0.25, -0.2) is 10.8 Å². The van der Waals surface area contributed by atoms with Crippen LogP contribution in [0.2, 0.25) is 0 Å². The fourth-order valence-electron chi connectivity index (χ4n) is 3.50. The molecule has 0 amide bonds. The summed E-state index contributed by atoms with van der Waals surface area (Å²) in [4.78, 5) is 13.6. The van der Waals surface area contributed by atoms with Crippen LogP contribution in [0.3, 0.4) is 0 Å². The van der Waals surface area contributed by atoms with E-state index in [-0.39, 0.29) is 6.10 Å². The molecule has 2 aromatic rings. The monoisotopic (exact) mass is 384 g/mol. The molecule has 0 saturated carbocycles. The second kappa shape index (κ2) is 10.9. The molecule has 2 bridgehead atoms. The number of aliphatic hydroxyl groups excluding tert-OH is 1. The van der Waals surface area contributed by atoms with E-state index in [1.165, 1.54) is 12.8 Å². The number of aliphatic hydroxyl groups is 1. The number of hydrazine groups is 1. The Kier molecular flexibility index (Phi) is 7.99. The highest BCUT2D eigenvalue weighted by Crippen LogP contribution is 2.25. The topological polar surface area (TPSA) is 100 Å². The standard InChI is InChI=1S/C21H32N6O/c22-27-15-9-3-1-2-4-10-17(28)11-5-7-14-24-20-18(16-25-21(27)26-20)19-12-6-8-13-23-19/h6,8,12-13,16-17,28H,1-5,7,9-11,14-15,22H2,(H,24,25,26). The Morgan fingerprint density at radius 2 is 1.79 bits per heavy atom. The van der Waals surface area contributed by atoms with Gasteiger partial charge in [-0.15, -0.1) is 0 Å². The SMILES string of the molecule is NN1CCCCCCCC(O)CCCCNc2nc1ncc2-c1ccccn1. The normalized spacial score (nSPS) is 20.2. The third-order valence-electron chi connectivity index (χ3n) is 5.17. The molecule has 1 aliphatic rings. The van der Waals surface area contributed by atoms with Gasteiger partial charge in [-0.3, -0.25) is 9.99 Å². The predicted octanol–water partition coefficient (Wildman–Crippen LogP) is 3.52. The predicted molar refractivity (Wildman–Crippen MR) is 113 cm³/mol. The molecule has 2 aromatic heterocycles. The van der Waals surface area contributed by atoms with Gasteiger partial charge < -0.3 is 10.4 Å². The Bertz CT molecular complexity index is 711. The lowest BCUT2D eigenvalue weighted by atomic mass is 10.0. The number of rotatable bonds is 1. The molecule has 0 saturated heterocycles. The van der Waals surface area contributed by atoms with Gasteiger partial charge in [0.1, 0.15) is 5.82 Å². The molecule has 3 rings (SSSR count). The van der Waals surface area contributed by atoms with Gasteiger partial charge in [0.25, 0.3) is 0 Å². The summed E-state index contributed by atoms with van der Waals surface area (Å²) in [6, 6.07) is 5.80. The van der Waals surface area contributed by atoms with Gasteiger partial charge in [-0.2, -0.15) is 4.98 Å². The molecule has 0 aromatic carbocycles. The van der Waals surface area contributed by atoms with E-state index < -0.39 is 0 Å². The van der Waals surface area contributed by atoms with Gasteiger partial charge in [-0.05, 0) is 44.2 Å². The van der Waals surface area contributed by atoms with Gasteiger partial charge >= 0.3 is 0 Å². The molecule has 0 spiro atoms. The van der Waals surface area contributed by atoms with Crippen molar-refractivity contribution in [3.8, 4) is 11.3 Å². The lowest BCUT2D eigenvalue weighted by Crippen LogP contribution is -2.33. The first kappa shape index (κ1) is 20.5. The molecule has 152 valence electrons. The van der Waals surface area contributed by atoms with E-state index in [0.717, 1.165) is 75.1 Å². The maximum absolute atomic E-state index is 10.1. The number of aromatic nitrogens is 3. The van der Waals surface area contributed by atoms with Crippen LogP contribution in [0.15, 0.2) is 30.6 Å². The van der Waals surface area contributed by atoms with Crippen molar-refractivity contribution < 1.29 is 5.11 Å². The third kappa shape index (κ3) is 6.14. The Morgan fingerprint density at radius 1 is 1.00 bits per heavy atom. The molecule has 0 radical (unpaired) electrons. The molecule has 1 unspecified atom stereocenters. The van der Waals surface area contributed by atoms with Crippen molar-refractivity contribution in [3.05, 3.63) is 30.6 Å². The zero-order valence-corrected chi connectivity index (χ0v) is 16.6. The van der Waals surface area contributed by atoms with Gasteiger partial charge in [0.15, 0.2) is 0 Å². The number of pyridine rings is 1. The highest BCUT2D eigenvalue weighted by Gasteiger charge is 2.13. The van der Waals surface area contributed by atoms with Crippen LogP contribution in [-0.2, 0) is 0 Å². The zero-order chi connectivity index (χ0) is 19.6. The minimum Gasteiger partial charge on any atom is -0.393 e. The summed E-state index contributed by atoms with van der Waals surface area (Å²) in [6.07, 6.45) is 12.7. The number of hydrogen-bond acceptors (Lipinski definition) is 7. The minimum absolute atomic E-state index is 0.176. The van der Waals surface area contributed by atoms with Crippen molar-refractivity contribution in [2.75, 3.05) is 23.4 Å². The Balaban J connectivity index is 1.76. The van der Waals surface area contributed by atoms with Gasteiger partial charge in [0, 0.05) is 25.5 Å². The molecule has 1 aliphatic heterocycles. The summed E-state index contributed by atoms with van der Waals surface area (Å²) in [5.74, 6) is 7.49. The van der Waals surface area contributed by atoms with E-state index in [9.17, 15) is 5.11 Å². The average molecular weight is 385 g/mol. The van der Waals surface area contributed by atoms with Crippen LogP contribution in [0.25, 0.3) is 11.3 Å². The maximum Gasteiger partial charge on any atom is 0.241 e. The van der Waals surface area contributed by atoms with Crippen molar-refractivity contribution >= 4 is 11.8 Å². The lowest BCUT2D eigenvalue weighted by Gasteiger charge is -2.18. The summed E-state index contributed by atoms with van der Waals surface area (Å²) in [5.41, 5.74) is 1.71. The lowest BCUT2D eigenvalue weighted by molar-refractivity contribution is 0.148. The molecule has 7 nitrogen and oxygen atoms in total. The molecule has 0 aliphatic carbocycles. The molecular formula is C21H32N6O. The van der Waals surface area contributed by atoms with Crippen LogP contribution in [0.1, 0.15) is 57.8 Å². The van der Waals surface area contributed by atoms with E-state index in [4.69, 9.17) is 5.84 Å². The Hall–Kier alpha value is -2.25. The van der Waals surface area contributed by atoms with Crippen molar-refractivity contribution in [2.45, 2.75) is 63.9 Å². The Morgan fingerprint density at radius 3 is 2.61 bits per heavy atom. The zero-order valence-electron chi connectivity index (χ0n) is 16.6. The summed E-state index contributed by atoms with van der Waals surface area (Å²) in [7, 11) is 0. The van der Waals surface area contributed by atoms with Crippen molar-refractivity contribution in [1.29, 1.82) is 0 Å². The largest absolute Gasteiger partial charge is 0.393 e. The van der Waals surface area contributed by atoms with E-state index in [1.54, 1.807) is 17.4 Å². The van der Waals surface area contributed by atoms with Crippen LogP contribution in [0, 0.1) is 0 Å². The molecule has 0 fully saturated rings. The molecular weight excluding hydrogens is 352 g/mol. The second-order valence-corrected chi connectivity index (χ2v) is 7.47. The van der Waals surface area contributed by atoms with Crippen LogP contribution < -0.4 is 16.2 Å². The second-order valence-electron chi connectivity index (χ2n) is 7.47. The number of hydrogen-bond donors (Lipinski definition) is 3. The highest BCUT2D eigenvalue weighted by molar-refractivity contribution is 5.72. The first-order chi connectivity index (χ1) is 13.7. The molecule has 3 heterocycles. The molecule has 7 heteroatoms. The third-order valence-corrected chi connectivity index (χ3v) is 5.17. The number of fused-ring (bicyclic) bond motifs is 2. The van der Waals surface area contributed by atoms with Gasteiger partial charge in [0.2, 0.25) is 5.95 Å². The maximum atomic E-state index is 10.1. The number of anilines is 2. The first-order valence-electron chi connectivity index (χ1n) is 10.5. The number of nitrogens with zero attached hydrogens (tertiary/aromatic N) is 4. The van der Waals surface area contributed by atoms with E-state index >= 15 is 0 Å². The highest BCUT2D eigenvalue weighted by atomic mass is 16.3. The minimum atomic E-state index is -0.176. The summed E-state index contributed by atoms with van der Waals surface area (Å²) >= 11 is 0. The fraction of sp³-hybridized carbons (Fsp3) is 0.571. The molecule has 28 heavy (non-hydrogen) atoms. The summed E-state index contributed by atoms with van der Waals surface area (Å²) in [6.45, 7) is 1.51. The van der Waals surface area contributed by atoms with Crippen molar-refractivity contribution in [3.63, 3.8) is 0 Å². The van der Waals surface area contributed by atoms with E-state index in [0.29, 0.717) is 5.95 Å². The molecule has 4 N–H and O–H groups in total. The van der Waals surface area contributed by atoms with E-state index in [2.05, 4.69) is 20.3 Å². The van der Waals surface area contributed by atoms with Crippen LogP contribution in [0.5, 0.6) is 0 Å². The van der Waals surface area contributed by atoms with Crippen molar-refractivity contribution in [1.82, 2.24) is 15.0 Å². The van der Waals surface area contributed by atoms with Crippen molar-refractivity contribution in [2.24, 2.45) is 5.84 Å². The quantitative estimate of drug-likeness (QED) is 0.647. The average Bonchev–Trinajstić information content (AvgIpc) is 2.72. The first-order valence-corrected chi connectivity index (χ1v) is 10.5. The smallest absolute Gasteiger partial charge is 0.241 e. The van der Waals surface area contributed by atoms with Gasteiger partial charge in [-0.1, -0.05) is 31.7 Å².